The van der Waals surface area contributed by atoms with Gasteiger partial charge in [-0.05, 0) is 84.4 Å². The molecule has 4 aromatic rings. The molecule has 0 atom stereocenters. The van der Waals surface area contributed by atoms with Gasteiger partial charge < -0.3 is 0 Å². The number of hydrogen-bond donors (Lipinski definition) is 0. The highest BCUT2D eigenvalue weighted by Crippen LogP contribution is 2.31. The van der Waals surface area contributed by atoms with Crippen molar-refractivity contribution in [1.82, 2.24) is 0 Å². The Bertz CT molecular complexity index is 1360. The Hall–Kier alpha value is -2.94. The van der Waals surface area contributed by atoms with Crippen LogP contribution in [-0.2, 0) is 0 Å². The van der Waals surface area contributed by atoms with Crippen molar-refractivity contribution in [2.24, 2.45) is 0 Å². The summed E-state index contributed by atoms with van der Waals surface area (Å²) in [4.78, 5) is 5.37. The quantitative estimate of drug-likeness (QED) is 0.0512. The van der Waals surface area contributed by atoms with Gasteiger partial charge in [0.05, 0.1) is 0 Å². The SMILES string of the molecule is CCCCCCCCCC/C=C/c1ccc(-c2ccc(/C=C/c3ccc(-c4ccc(/C=C/CCCCCCCCCC)s4)cc3)cc2)s1. The van der Waals surface area contributed by atoms with E-state index in [1.54, 1.807) is 0 Å². The average molecular weight is 677 g/mol. The normalized spacial score (nSPS) is 12.0. The van der Waals surface area contributed by atoms with E-state index in [4.69, 9.17) is 0 Å². The number of allylic oxidation sites excluding steroid dienone is 2. The summed E-state index contributed by atoms with van der Waals surface area (Å²) in [6, 6.07) is 27.0. The Balaban J connectivity index is 1.16. The molecule has 0 nitrogen and oxygen atoms in total. The third-order valence-electron chi connectivity index (χ3n) is 9.13. The molecule has 0 N–H and O–H groups in total. The molecule has 48 heavy (non-hydrogen) atoms. The van der Waals surface area contributed by atoms with Crippen molar-refractivity contribution in [1.29, 1.82) is 0 Å². The fourth-order valence-electron chi connectivity index (χ4n) is 6.10. The fraction of sp³-hybridized carbons (Fsp3) is 0.435. The zero-order chi connectivity index (χ0) is 33.5. The largest absolute Gasteiger partial charge is 0.136 e. The van der Waals surface area contributed by atoms with E-state index >= 15 is 0 Å². The second kappa shape index (κ2) is 23.4. The molecule has 256 valence electrons. The van der Waals surface area contributed by atoms with Gasteiger partial charge in [0.15, 0.2) is 0 Å². The van der Waals surface area contributed by atoms with E-state index in [0.717, 1.165) is 0 Å². The minimum absolute atomic E-state index is 1.19. The lowest BCUT2D eigenvalue weighted by Crippen LogP contribution is -1.79. The van der Waals surface area contributed by atoms with Crippen LogP contribution >= 0.6 is 22.7 Å². The molecule has 0 aliphatic heterocycles. The van der Waals surface area contributed by atoms with Crippen LogP contribution in [0.3, 0.4) is 0 Å². The van der Waals surface area contributed by atoms with Crippen molar-refractivity contribution in [3.8, 4) is 20.9 Å². The van der Waals surface area contributed by atoms with Gasteiger partial charge >= 0.3 is 0 Å². The minimum atomic E-state index is 1.19. The van der Waals surface area contributed by atoms with Gasteiger partial charge in [-0.1, -0.05) is 177 Å². The smallest absolute Gasteiger partial charge is 0.0349 e. The molecule has 2 heteroatoms. The van der Waals surface area contributed by atoms with Crippen molar-refractivity contribution in [3.05, 3.63) is 106 Å². The standard InChI is InChI=1S/C46H60S2/c1-3-5-7-9-11-13-15-17-19-21-23-43-35-37-45(47-43)41-31-27-39(28-32-41)25-26-40-29-33-42(34-30-40)46-38-36-44(48-46)24-22-20-18-16-14-12-10-8-6-4-2/h21-38H,3-20H2,1-2H3/b23-21+,24-22+,26-25+. The van der Waals surface area contributed by atoms with E-state index in [-0.39, 0.29) is 0 Å². The summed E-state index contributed by atoms with van der Waals surface area (Å²) < 4.78 is 0. The fourth-order valence-corrected chi connectivity index (χ4v) is 7.98. The Morgan fingerprint density at radius 1 is 0.375 bits per heavy atom. The number of benzene rings is 2. The van der Waals surface area contributed by atoms with Gasteiger partial charge in [0.25, 0.3) is 0 Å². The van der Waals surface area contributed by atoms with E-state index in [1.807, 2.05) is 22.7 Å². The van der Waals surface area contributed by atoms with Gasteiger partial charge in [0.2, 0.25) is 0 Å². The summed E-state index contributed by atoms with van der Waals surface area (Å²) in [6.45, 7) is 4.58. The van der Waals surface area contributed by atoms with E-state index in [0.29, 0.717) is 0 Å². The first-order chi connectivity index (χ1) is 23.7. The molecular weight excluding hydrogens is 617 g/mol. The van der Waals surface area contributed by atoms with Crippen LogP contribution in [0.2, 0.25) is 0 Å². The predicted octanol–water partition coefficient (Wildman–Crippen LogP) is 16.4. The molecule has 0 bridgehead atoms. The van der Waals surface area contributed by atoms with Crippen LogP contribution in [0.4, 0.5) is 0 Å². The van der Waals surface area contributed by atoms with Crippen LogP contribution in [0.25, 0.3) is 45.2 Å². The average Bonchev–Trinajstić information content (AvgIpc) is 3.80. The lowest BCUT2D eigenvalue weighted by atomic mass is 10.1. The van der Waals surface area contributed by atoms with Crippen LogP contribution in [0.5, 0.6) is 0 Å². The maximum Gasteiger partial charge on any atom is 0.0349 e. The zero-order valence-corrected chi connectivity index (χ0v) is 31.6. The van der Waals surface area contributed by atoms with E-state index in [9.17, 15) is 0 Å². The molecule has 0 saturated heterocycles. The summed E-state index contributed by atoms with van der Waals surface area (Å²) in [5, 5.41) is 0. The first kappa shape index (κ1) is 37.9. The summed E-state index contributed by atoms with van der Waals surface area (Å²) in [6.07, 6.45) is 38.3. The van der Waals surface area contributed by atoms with Gasteiger partial charge in [0, 0.05) is 19.5 Å². The third kappa shape index (κ3) is 14.7. The number of hydrogen-bond acceptors (Lipinski definition) is 2. The van der Waals surface area contributed by atoms with E-state index in [2.05, 4.69) is 123 Å². The Labute approximate surface area is 301 Å². The highest BCUT2D eigenvalue weighted by atomic mass is 32.1. The van der Waals surface area contributed by atoms with Gasteiger partial charge in [-0.25, -0.2) is 0 Å². The van der Waals surface area contributed by atoms with Crippen LogP contribution < -0.4 is 0 Å². The van der Waals surface area contributed by atoms with E-state index < -0.39 is 0 Å². The van der Waals surface area contributed by atoms with Crippen LogP contribution in [0.15, 0.2) is 84.9 Å². The Kier molecular flexibility index (Phi) is 18.5. The molecule has 0 fully saturated rings. The first-order valence-corrected chi connectivity index (χ1v) is 20.8. The number of rotatable bonds is 24. The molecule has 0 saturated carbocycles. The molecule has 2 heterocycles. The molecule has 0 amide bonds. The van der Waals surface area contributed by atoms with Crippen molar-refractivity contribution < 1.29 is 0 Å². The van der Waals surface area contributed by atoms with Crippen LogP contribution in [0.1, 0.15) is 150 Å². The highest BCUT2D eigenvalue weighted by Gasteiger charge is 2.03. The Morgan fingerprint density at radius 3 is 1.10 bits per heavy atom. The summed E-state index contributed by atoms with van der Waals surface area (Å²) >= 11 is 3.77. The summed E-state index contributed by atoms with van der Waals surface area (Å²) in [5.41, 5.74) is 5.04. The van der Waals surface area contributed by atoms with Crippen molar-refractivity contribution in [3.63, 3.8) is 0 Å². The molecule has 4 rings (SSSR count). The molecule has 2 aromatic heterocycles. The highest BCUT2D eigenvalue weighted by molar-refractivity contribution is 7.16. The molecule has 2 aromatic carbocycles. The second-order valence-corrected chi connectivity index (χ2v) is 15.5. The molecule has 0 aliphatic carbocycles. The Morgan fingerprint density at radius 2 is 0.729 bits per heavy atom. The maximum atomic E-state index is 2.36. The second-order valence-electron chi connectivity index (χ2n) is 13.3. The topological polar surface area (TPSA) is 0 Å². The molecule has 0 aliphatic rings. The third-order valence-corrected chi connectivity index (χ3v) is 11.3. The summed E-state index contributed by atoms with van der Waals surface area (Å²) in [7, 11) is 0. The monoisotopic (exact) mass is 676 g/mol. The number of thiophene rings is 2. The van der Waals surface area contributed by atoms with Gasteiger partial charge in [-0.3, -0.25) is 0 Å². The van der Waals surface area contributed by atoms with Crippen molar-refractivity contribution in [2.45, 2.75) is 129 Å². The predicted molar refractivity (Wildman–Crippen MR) is 221 cm³/mol. The van der Waals surface area contributed by atoms with Gasteiger partial charge in [-0.15, -0.1) is 22.7 Å². The van der Waals surface area contributed by atoms with Crippen molar-refractivity contribution >= 4 is 47.0 Å². The number of unbranched alkanes of at least 4 members (excludes halogenated alkanes) is 16. The van der Waals surface area contributed by atoms with Crippen LogP contribution in [0, 0.1) is 0 Å². The van der Waals surface area contributed by atoms with Crippen molar-refractivity contribution in [2.75, 3.05) is 0 Å². The minimum Gasteiger partial charge on any atom is -0.136 e. The molecule has 0 spiro atoms. The zero-order valence-electron chi connectivity index (χ0n) is 29.9. The van der Waals surface area contributed by atoms with E-state index in [1.165, 1.54) is 157 Å². The lowest BCUT2D eigenvalue weighted by Gasteiger charge is -2.01. The first-order valence-electron chi connectivity index (χ1n) is 19.2. The molecule has 0 unspecified atom stereocenters. The van der Waals surface area contributed by atoms with Gasteiger partial charge in [-0.2, -0.15) is 0 Å². The molecule has 0 radical (unpaired) electrons. The lowest BCUT2D eigenvalue weighted by molar-refractivity contribution is 0.578. The molecular formula is C46H60S2. The maximum absolute atomic E-state index is 2.36. The summed E-state index contributed by atoms with van der Waals surface area (Å²) in [5.74, 6) is 0. The van der Waals surface area contributed by atoms with Crippen LogP contribution in [-0.4, -0.2) is 0 Å². The van der Waals surface area contributed by atoms with Gasteiger partial charge in [0.1, 0.15) is 0 Å².